The van der Waals surface area contributed by atoms with Gasteiger partial charge in [0.25, 0.3) is 0 Å². The number of nitrogens with zero attached hydrogens (tertiary/aromatic N) is 1. The van der Waals surface area contributed by atoms with Crippen molar-refractivity contribution in [2.45, 2.75) is 38.6 Å². The molecule has 1 amide bonds. The summed E-state index contributed by atoms with van der Waals surface area (Å²) in [5, 5.41) is 0. The van der Waals surface area contributed by atoms with Crippen LogP contribution in [-0.4, -0.2) is 36.7 Å². The molecule has 0 aromatic heterocycles. The van der Waals surface area contributed by atoms with E-state index in [1.165, 1.54) is 0 Å². The molecule has 0 radical (unpaired) electrons. The number of unbranched alkanes of at least 4 members (excludes halogenated alkanes) is 1. The first-order valence-corrected chi connectivity index (χ1v) is 5.99. The monoisotopic (exact) mass is 226 g/mol. The van der Waals surface area contributed by atoms with Gasteiger partial charge in [0.1, 0.15) is 0 Å². The van der Waals surface area contributed by atoms with Crippen LogP contribution < -0.4 is 5.73 Å². The number of likely N-dealkylation sites (tertiary alicyclic amines) is 1. The number of carbonyl (C=O) groups excluding carboxylic acids is 1. The summed E-state index contributed by atoms with van der Waals surface area (Å²) < 4.78 is 5.06. The van der Waals surface area contributed by atoms with Crippen LogP contribution in [0.1, 0.15) is 32.6 Å². The molecule has 1 aliphatic heterocycles. The van der Waals surface area contributed by atoms with E-state index in [2.05, 4.69) is 6.08 Å². The quantitative estimate of drug-likeness (QED) is 0.404. The molecule has 0 saturated carbocycles. The molecule has 1 heterocycles. The van der Waals surface area contributed by atoms with Crippen LogP contribution in [-0.2, 0) is 9.53 Å². The minimum Gasteiger partial charge on any atom is -0.367 e. The molecular weight excluding hydrogens is 204 g/mol. The van der Waals surface area contributed by atoms with Crippen LogP contribution in [0.25, 0.3) is 0 Å². The number of nitrogens with two attached hydrogens (primary N) is 1. The lowest BCUT2D eigenvalue weighted by molar-refractivity contribution is -0.128. The predicted molar refractivity (Wildman–Crippen MR) is 63.8 cm³/mol. The van der Waals surface area contributed by atoms with Gasteiger partial charge in [0, 0.05) is 19.6 Å². The van der Waals surface area contributed by atoms with Crippen molar-refractivity contribution >= 4 is 5.91 Å². The average Bonchev–Trinajstić information content (AvgIpc) is 2.61. The number of ether oxygens (including phenoxy) is 1. The Labute approximate surface area is 97.4 Å². The highest BCUT2D eigenvalue weighted by atomic mass is 16.5. The smallest absolute Gasteiger partial charge is 0.223 e. The van der Waals surface area contributed by atoms with Crippen LogP contribution in [0.3, 0.4) is 0 Å². The van der Waals surface area contributed by atoms with Gasteiger partial charge in [-0.2, -0.15) is 0 Å². The SMILES string of the molecule is C/C=C/C1CCC(=O)N1CCCCOCN. The van der Waals surface area contributed by atoms with E-state index in [9.17, 15) is 4.79 Å². The fraction of sp³-hybridized carbons (Fsp3) is 0.750. The second-order valence-electron chi connectivity index (χ2n) is 4.00. The molecule has 0 spiro atoms. The van der Waals surface area contributed by atoms with Gasteiger partial charge >= 0.3 is 0 Å². The lowest BCUT2D eigenvalue weighted by Crippen LogP contribution is -2.32. The first-order valence-electron chi connectivity index (χ1n) is 5.99. The molecule has 0 aromatic carbocycles. The summed E-state index contributed by atoms with van der Waals surface area (Å²) in [7, 11) is 0. The summed E-state index contributed by atoms with van der Waals surface area (Å²) in [6.07, 6.45) is 7.73. The molecule has 2 N–H and O–H groups in total. The van der Waals surface area contributed by atoms with Crippen molar-refractivity contribution in [2.24, 2.45) is 5.73 Å². The minimum atomic E-state index is 0.280. The zero-order valence-corrected chi connectivity index (χ0v) is 10.0. The van der Waals surface area contributed by atoms with Crippen LogP contribution in [0.15, 0.2) is 12.2 Å². The average molecular weight is 226 g/mol. The fourth-order valence-electron chi connectivity index (χ4n) is 2.04. The van der Waals surface area contributed by atoms with Crippen LogP contribution in [0.2, 0.25) is 0 Å². The van der Waals surface area contributed by atoms with Crippen LogP contribution in [0.4, 0.5) is 0 Å². The predicted octanol–water partition coefficient (Wildman–Crippen LogP) is 1.27. The molecule has 1 saturated heterocycles. The summed E-state index contributed by atoms with van der Waals surface area (Å²) >= 11 is 0. The Morgan fingerprint density at radius 1 is 1.56 bits per heavy atom. The Morgan fingerprint density at radius 2 is 2.38 bits per heavy atom. The van der Waals surface area contributed by atoms with Crippen molar-refractivity contribution in [3.8, 4) is 0 Å². The fourth-order valence-corrected chi connectivity index (χ4v) is 2.04. The summed E-state index contributed by atoms with van der Waals surface area (Å²) in [4.78, 5) is 13.6. The molecule has 0 aromatic rings. The summed E-state index contributed by atoms with van der Waals surface area (Å²) in [6.45, 7) is 3.80. The summed E-state index contributed by atoms with van der Waals surface area (Å²) in [6, 6.07) is 0.313. The van der Waals surface area contributed by atoms with Gasteiger partial charge < -0.3 is 15.4 Å². The van der Waals surface area contributed by atoms with E-state index in [1.807, 2.05) is 17.9 Å². The van der Waals surface area contributed by atoms with Crippen molar-refractivity contribution in [1.29, 1.82) is 0 Å². The topological polar surface area (TPSA) is 55.6 Å². The van der Waals surface area contributed by atoms with Crippen molar-refractivity contribution in [3.63, 3.8) is 0 Å². The highest BCUT2D eigenvalue weighted by Gasteiger charge is 2.27. The van der Waals surface area contributed by atoms with Gasteiger partial charge in [0.2, 0.25) is 5.91 Å². The highest BCUT2D eigenvalue weighted by molar-refractivity contribution is 5.79. The molecule has 4 heteroatoms. The Hall–Kier alpha value is -0.870. The highest BCUT2D eigenvalue weighted by Crippen LogP contribution is 2.20. The molecule has 1 fully saturated rings. The third-order valence-electron chi connectivity index (χ3n) is 2.84. The van der Waals surface area contributed by atoms with E-state index in [4.69, 9.17) is 10.5 Å². The maximum Gasteiger partial charge on any atom is 0.223 e. The van der Waals surface area contributed by atoms with Gasteiger partial charge in [0.15, 0.2) is 0 Å². The van der Waals surface area contributed by atoms with E-state index in [-0.39, 0.29) is 12.6 Å². The molecular formula is C12H22N2O2. The number of amides is 1. The Kier molecular flexibility index (Phi) is 6.11. The number of allylic oxidation sites excluding steroid dienone is 1. The number of carbonyl (C=O) groups is 1. The van der Waals surface area contributed by atoms with E-state index in [0.29, 0.717) is 19.1 Å². The molecule has 92 valence electrons. The van der Waals surface area contributed by atoms with Gasteiger partial charge in [-0.3, -0.25) is 4.79 Å². The minimum absolute atomic E-state index is 0.280. The second-order valence-corrected chi connectivity index (χ2v) is 4.00. The van der Waals surface area contributed by atoms with Gasteiger partial charge in [-0.1, -0.05) is 12.2 Å². The lowest BCUT2D eigenvalue weighted by atomic mass is 10.2. The summed E-state index contributed by atoms with van der Waals surface area (Å²) in [5.74, 6) is 0.280. The van der Waals surface area contributed by atoms with Crippen molar-refractivity contribution in [3.05, 3.63) is 12.2 Å². The lowest BCUT2D eigenvalue weighted by Gasteiger charge is -2.22. The molecule has 0 bridgehead atoms. The first-order chi connectivity index (χ1) is 7.79. The molecule has 1 atom stereocenters. The van der Waals surface area contributed by atoms with E-state index >= 15 is 0 Å². The van der Waals surface area contributed by atoms with Gasteiger partial charge in [-0.25, -0.2) is 0 Å². The number of hydrogen-bond acceptors (Lipinski definition) is 3. The molecule has 4 nitrogen and oxygen atoms in total. The third-order valence-corrected chi connectivity index (χ3v) is 2.84. The molecule has 1 aliphatic rings. The van der Waals surface area contributed by atoms with Crippen molar-refractivity contribution in [1.82, 2.24) is 4.90 Å². The molecule has 1 rings (SSSR count). The Morgan fingerprint density at radius 3 is 3.06 bits per heavy atom. The van der Waals surface area contributed by atoms with Crippen molar-refractivity contribution in [2.75, 3.05) is 19.9 Å². The maximum absolute atomic E-state index is 11.6. The van der Waals surface area contributed by atoms with E-state index < -0.39 is 0 Å². The summed E-state index contributed by atoms with van der Waals surface area (Å²) in [5.41, 5.74) is 5.22. The van der Waals surface area contributed by atoms with E-state index in [0.717, 1.165) is 25.8 Å². The Bertz CT molecular complexity index is 241. The van der Waals surface area contributed by atoms with Gasteiger partial charge in [-0.15, -0.1) is 0 Å². The van der Waals surface area contributed by atoms with Crippen LogP contribution in [0, 0.1) is 0 Å². The first kappa shape index (κ1) is 13.2. The molecule has 1 unspecified atom stereocenters. The van der Waals surface area contributed by atoms with E-state index in [1.54, 1.807) is 0 Å². The van der Waals surface area contributed by atoms with Gasteiger partial charge in [-0.05, 0) is 26.2 Å². The maximum atomic E-state index is 11.6. The molecule has 0 aliphatic carbocycles. The van der Waals surface area contributed by atoms with Crippen LogP contribution in [0.5, 0.6) is 0 Å². The zero-order valence-electron chi connectivity index (χ0n) is 10.0. The largest absolute Gasteiger partial charge is 0.367 e. The standard InChI is InChI=1S/C12H22N2O2/c1-2-5-11-6-7-12(15)14(11)8-3-4-9-16-10-13/h2,5,11H,3-4,6-10,13H2,1H3/b5-2+. The number of hydrogen-bond donors (Lipinski definition) is 1. The molecule has 16 heavy (non-hydrogen) atoms. The van der Waals surface area contributed by atoms with Crippen molar-refractivity contribution < 1.29 is 9.53 Å². The van der Waals surface area contributed by atoms with Gasteiger partial charge in [0.05, 0.1) is 12.8 Å². The zero-order chi connectivity index (χ0) is 11.8. The number of rotatable bonds is 7. The Balaban J connectivity index is 2.24. The van der Waals surface area contributed by atoms with Crippen LogP contribution >= 0.6 is 0 Å². The second kappa shape index (κ2) is 7.41. The normalized spacial score (nSPS) is 21.2. The third kappa shape index (κ3) is 3.94.